The van der Waals surface area contributed by atoms with E-state index in [4.69, 9.17) is 15.4 Å². The topological polar surface area (TPSA) is 108 Å². The van der Waals surface area contributed by atoms with Gasteiger partial charge in [0.1, 0.15) is 5.82 Å². The SMILES string of the molecule is N#Cc1ccc(Nc2cc3[nH]c(=O)oc3cc2N)c(F)c1. The molecule has 4 N–H and O–H groups in total. The Morgan fingerprint density at radius 1 is 1.29 bits per heavy atom. The van der Waals surface area contributed by atoms with E-state index in [1.165, 1.54) is 18.2 Å². The Hall–Kier alpha value is -3.27. The highest BCUT2D eigenvalue weighted by atomic mass is 19.1. The molecule has 21 heavy (non-hydrogen) atoms. The van der Waals surface area contributed by atoms with Crippen molar-refractivity contribution in [2.45, 2.75) is 0 Å². The fourth-order valence-electron chi connectivity index (χ4n) is 1.95. The fourth-order valence-corrected chi connectivity index (χ4v) is 1.95. The molecule has 0 aliphatic heterocycles. The average Bonchev–Trinajstić information content (AvgIpc) is 2.80. The Morgan fingerprint density at radius 2 is 2.10 bits per heavy atom. The van der Waals surface area contributed by atoms with Crippen molar-refractivity contribution in [1.29, 1.82) is 5.26 Å². The minimum Gasteiger partial charge on any atom is -0.408 e. The van der Waals surface area contributed by atoms with Crippen LogP contribution < -0.4 is 16.8 Å². The predicted octanol–water partition coefficient (Wildman–Crippen LogP) is 2.46. The van der Waals surface area contributed by atoms with Crippen molar-refractivity contribution >= 4 is 28.2 Å². The van der Waals surface area contributed by atoms with Gasteiger partial charge in [-0.15, -0.1) is 0 Å². The maximum absolute atomic E-state index is 13.8. The molecule has 0 unspecified atom stereocenters. The second kappa shape index (κ2) is 4.68. The lowest BCUT2D eigenvalue weighted by molar-refractivity contribution is 0.555. The van der Waals surface area contributed by atoms with Gasteiger partial charge in [-0.3, -0.25) is 4.98 Å². The molecule has 0 radical (unpaired) electrons. The number of nitrogens with one attached hydrogen (secondary N) is 2. The summed E-state index contributed by atoms with van der Waals surface area (Å²) in [6.45, 7) is 0. The number of nitrogens with two attached hydrogens (primary N) is 1. The molecule has 3 aromatic rings. The number of anilines is 3. The summed E-state index contributed by atoms with van der Waals surface area (Å²) < 4.78 is 18.7. The summed E-state index contributed by atoms with van der Waals surface area (Å²) >= 11 is 0. The zero-order valence-corrected chi connectivity index (χ0v) is 10.6. The molecule has 0 bridgehead atoms. The van der Waals surface area contributed by atoms with Gasteiger partial charge in [-0.05, 0) is 24.3 Å². The fraction of sp³-hybridized carbons (Fsp3) is 0. The lowest BCUT2D eigenvalue weighted by atomic mass is 10.2. The summed E-state index contributed by atoms with van der Waals surface area (Å²) in [4.78, 5) is 13.6. The van der Waals surface area contributed by atoms with E-state index in [0.29, 0.717) is 22.5 Å². The summed E-state index contributed by atoms with van der Waals surface area (Å²) in [5.74, 6) is -1.17. The lowest BCUT2D eigenvalue weighted by Crippen LogP contribution is -1.99. The first kappa shape index (κ1) is 12.7. The number of nitrogens with zero attached hydrogens (tertiary/aromatic N) is 1. The monoisotopic (exact) mass is 284 g/mol. The van der Waals surface area contributed by atoms with Gasteiger partial charge in [0.15, 0.2) is 5.58 Å². The van der Waals surface area contributed by atoms with E-state index in [-0.39, 0.29) is 11.3 Å². The van der Waals surface area contributed by atoms with Gasteiger partial charge in [-0.1, -0.05) is 0 Å². The first-order valence-corrected chi connectivity index (χ1v) is 5.96. The van der Waals surface area contributed by atoms with E-state index in [1.807, 2.05) is 6.07 Å². The zero-order chi connectivity index (χ0) is 15.0. The summed E-state index contributed by atoms with van der Waals surface area (Å²) in [6, 6.07) is 8.92. The number of halogens is 1. The van der Waals surface area contributed by atoms with E-state index in [9.17, 15) is 9.18 Å². The van der Waals surface area contributed by atoms with Crippen LogP contribution in [-0.2, 0) is 0 Å². The summed E-state index contributed by atoms with van der Waals surface area (Å²) in [5, 5.41) is 11.5. The third kappa shape index (κ3) is 2.30. The van der Waals surface area contributed by atoms with Crippen LogP contribution in [0.3, 0.4) is 0 Å². The van der Waals surface area contributed by atoms with Gasteiger partial charge < -0.3 is 15.5 Å². The van der Waals surface area contributed by atoms with E-state index < -0.39 is 11.6 Å². The number of benzene rings is 2. The van der Waals surface area contributed by atoms with Crippen LogP contribution in [0.5, 0.6) is 0 Å². The number of fused-ring (bicyclic) bond motifs is 1. The van der Waals surface area contributed by atoms with Crippen LogP contribution >= 0.6 is 0 Å². The van der Waals surface area contributed by atoms with Crippen molar-refractivity contribution in [2.24, 2.45) is 0 Å². The largest absolute Gasteiger partial charge is 0.417 e. The van der Waals surface area contributed by atoms with Gasteiger partial charge in [0.2, 0.25) is 0 Å². The van der Waals surface area contributed by atoms with Gasteiger partial charge >= 0.3 is 5.76 Å². The van der Waals surface area contributed by atoms with Crippen LogP contribution in [0.15, 0.2) is 39.5 Å². The standard InChI is InChI=1S/C14H9FN4O2/c15-8-3-7(6-16)1-2-10(8)18-11-5-12-13(4-9(11)17)21-14(20)19-12/h1-5,18H,17H2,(H,19,20). The number of rotatable bonds is 2. The predicted molar refractivity (Wildman–Crippen MR) is 75.6 cm³/mol. The Labute approximate surface area is 117 Å². The van der Waals surface area contributed by atoms with Crippen molar-refractivity contribution in [1.82, 2.24) is 4.98 Å². The van der Waals surface area contributed by atoms with Crippen LogP contribution in [0, 0.1) is 17.1 Å². The summed E-state index contributed by atoms with van der Waals surface area (Å²) in [5.41, 5.74) is 7.72. The van der Waals surface area contributed by atoms with Gasteiger partial charge in [-0.25, -0.2) is 9.18 Å². The normalized spacial score (nSPS) is 10.5. The molecule has 0 saturated carbocycles. The minimum atomic E-state index is -0.592. The quantitative estimate of drug-likeness (QED) is 0.626. The Balaban J connectivity index is 2.03. The molecule has 0 atom stereocenters. The van der Waals surface area contributed by atoms with E-state index >= 15 is 0 Å². The number of oxazole rings is 1. The second-order valence-corrected chi connectivity index (χ2v) is 4.38. The lowest BCUT2D eigenvalue weighted by Gasteiger charge is -2.10. The molecule has 0 saturated heterocycles. The van der Waals surface area contributed by atoms with Crippen LogP contribution in [0.1, 0.15) is 5.56 Å². The number of aromatic nitrogens is 1. The van der Waals surface area contributed by atoms with Crippen LogP contribution in [0.25, 0.3) is 11.1 Å². The molecule has 6 nitrogen and oxygen atoms in total. The van der Waals surface area contributed by atoms with Gasteiger partial charge in [0.25, 0.3) is 0 Å². The van der Waals surface area contributed by atoms with Crippen molar-refractivity contribution in [2.75, 3.05) is 11.1 Å². The zero-order valence-electron chi connectivity index (χ0n) is 10.6. The third-order valence-electron chi connectivity index (χ3n) is 2.96. The van der Waals surface area contributed by atoms with Crippen LogP contribution in [-0.4, -0.2) is 4.98 Å². The van der Waals surface area contributed by atoms with Gasteiger partial charge in [-0.2, -0.15) is 5.26 Å². The highest BCUT2D eigenvalue weighted by Crippen LogP contribution is 2.28. The molecule has 1 heterocycles. The molecule has 1 aromatic heterocycles. The van der Waals surface area contributed by atoms with Crippen molar-refractivity contribution in [3.05, 3.63) is 52.3 Å². The first-order chi connectivity index (χ1) is 10.1. The minimum absolute atomic E-state index is 0.172. The number of nitriles is 1. The Bertz CT molecular complexity index is 936. The number of nitrogen functional groups attached to an aromatic ring is 1. The average molecular weight is 284 g/mol. The molecule has 104 valence electrons. The number of hydrogen-bond acceptors (Lipinski definition) is 5. The van der Waals surface area contributed by atoms with Gasteiger partial charge in [0.05, 0.1) is 34.2 Å². The summed E-state index contributed by atoms with van der Waals surface area (Å²) in [6.07, 6.45) is 0. The Morgan fingerprint density at radius 3 is 2.81 bits per heavy atom. The molecular formula is C14H9FN4O2. The van der Waals surface area contributed by atoms with Crippen molar-refractivity contribution in [3.8, 4) is 6.07 Å². The first-order valence-electron chi connectivity index (χ1n) is 5.96. The molecule has 2 aromatic carbocycles. The smallest absolute Gasteiger partial charge is 0.408 e. The van der Waals surface area contributed by atoms with E-state index in [2.05, 4.69) is 10.3 Å². The molecule has 0 aliphatic rings. The number of H-pyrrole nitrogens is 1. The van der Waals surface area contributed by atoms with Gasteiger partial charge in [0, 0.05) is 6.07 Å². The molecule has 3 rings (SSSR count). The molecule has 0 fully saturated rings. The van der Waals surface area contributed by atoms with E-state index in [0.717, 1.165) is 6.07 Å². The molecular weight excluding hydrogens is 275 g/mol. The molecule has 0 aliphatic carbocycles. The van der Waals surface area contributed by atoms with E-state index in [1.54, 1.807) is 6.07 Å². The maximum Gasteiger partial charge on any atom is 0.417 e. The molecule has 7 heteroatoms. The number of hydrogen-bond donors (Lipinski definition) is 3. The van der Waals surface area contributed by atoms with Crippen LogP contribution in [0.4, 0.5) is 21.5 Å². The maximum atomic E-state index is 13.8. The summed E-state index contributed by atoms with van der Waals surface area (Å²) in [7, 11) is 0. The van der Waals surface area contributed by atoms with Crippen LogP contribution in [0.2, 0.25) is 0 Å². The van der Waals surface area contributed by atoms with Crippen molar-refractivity contribution < 1.29 is 8.81 Å². The Kier molecular flexibility index (Phi) is 2.84. The highest BCUT2D eigenvalue weighted by Gasteiger charge is 2.09. The molecule has 0 spiro atoms. The number of aromatic amines is 1. The van der Waals surface area contributed by atoms with Crippen molar-refractivity contribution in [3.63, 3.8) is 0 Å². The third-order valence-corrected chi connectivity index (χ3v) is 2.96. The highest BCUT2D eigenvalue weighted by molar-refractivity contribution is 5.87. The second-order valence-electron chi connectivity index (χ2n) is 4.38. The molecule has 0 amide bonds.